The van der Waals surface area contributed by atoms with Gasteiger partial charge in [0.25, 0.3) is 5.56 Å². The van der Waals surface area contributed by atoms with Crippen molar-refractivity contribution in [1.29, 1.82) is 0 Å². The van der Waals surface area contributed by atoms with Gasteiger partial charge in [-0.05, 0) is 49.9 Å². The summed E-state index contributed by atoms with van der Waals surface area (Å²) < 4.78 is 1.48. The molecule has 0 aliphatic carbocycles. The molecule has 0 unspecified atom stereocenters. The molecule has 1 heterocycles. The predicted octanol–water partition coefficient (Wildman–Crippen LogP) is 1.17. The van der Waals surface area contributed by atoms with Crippen LogP contribution in [0.4, 0.5) is 0 Å². The Hall–Kier alpha value is -2.04. The lowest BCUT2D eigenvalue weighted by atomic mass is 9.95. The van der Waals surface area contributed by atoms with Crippen molar-refractivity contribution in [2.45, 2.75) is 27.7 Å². The van der Waals surface area contributed by atoms with Gasteiger partial charge >= 0.3 is 5.69 Å². The van der Waals surface area contributed by atoms with Crippen LogP contribution in [-0.4, -0.2) is 14.5 Å². The molecule has 2 aromatic rings. The highest BCUT2D eigenvalue weighted by Gasteiger charge is 2.17. The Morgan fingerprint density at radius 2 is 1.39 bits per heavy atom. The van der Waals surface area contributed by atoms with Crippen LogP contribution < -0.4 is 11.2 Å². The standard InChI is InChI=1S/C13H16N2O3/c1-6-7(2)9(4)11-10(8(6)3)12(16)15(18)13(17)14(11)5/h18H,1-5H3. The average molecular weight is 248 g/mol. The number of nitrogens with zero attached hydrogens (tertiary/aromatic N) is 2. The third-order valence-corrected chi connectivity index (χ3v) is 3.86. The molecular formula is C13H16N2O3. The largest absolute Gasteiger partial charge is 0.421 e. The molecule has 0 fully saturated rings. The van der Waals surface area contributed by atoms with E-state index in [9.17, 15) is 14.8 Å². The van der Waals surface area contributed by atoms with Gasteiger partial charge in [-0.3, -0.25) is 9.36 Å². The number of hydrogen-bond acceptors (Lipinski definition) is 3. The molecule has 5 heteroatoms. The fourth-order valence-corrected chi connectivity index (χ4v) is 2.40. The lowest BCUT2D eigenvalue weighted by molar-refractivity contribution is 0.158. The monoisotopic (exact) mass is 248 g/mol. The van der Waals surface area contributed by atoms with E-state index < -0.39 is 11.2 Å². The molecule has 18 heavy (non-hydrogen) atoms. The second kappa shape index (κ2) is 3.73. The summed E-state index contributed by atoms with van der Waals surface area (Å²) in [6.45, 7) is 7.61. The molecule has 0 saturated carbocycles. The lowest BCUT2D eigenvalue weighted by Crippen LogP contribution is -2.38. The summed E-state index contributed by atoms with van der Waals surface area (Å²) in [6, 6.07) is 0. The van der Waals surface area contributed by atoms with Gasteiger partial charge in [0, 0.05) is 7.05 Å². The van der Waals surface area contributed by atoms with Crippen molar-refractivity contribution < 1.29 is 5.21 Å². The Bertz CT molecular complexity index is 782. The van der Waals surface area contributed by atoms with Crippen LogP contribution in [-0.2, 0) is 7.05 Å². The third kappa shape index (κ3) is 1.33. The van der Waals surface area contributed by atoms with Crippen LogP contribution >= 0.6 is 0 Å². The summed E-state index contributed by atoms with van der Waals surface area (Å²) in [4.78, 5) is 23.8. The quantitative estimate of drug-likeness (QED) is 0.712. The van der Waals surface area contributed by atoms with Crippen molar-refractivity contribution in [2.75, 3.05) is 0 Å². The van der Waals surface area contributed by atoms with Gasteiger partial charge in [-0.1, -0.05) is 4.73 Å². The maximum absolute atomic E-state index is 12.0. The third-order valence-electron chi connectivity index (χ3n) is 3.86. The van der Waals surface area contributed by atoms with Gasteiger partial charge in [-0.2, -0.15) is 0 Å². The Labute approximate surface area is 104 Å². The normalized spacial score (nSPS) is 11.2. The molecule has 1 aromatic carbocycles. The van der Waals surface area contributed by atoms with Crippen LogP contribution in [0.1, 0.15) is 22.3 Å². The van der Waals surface area contributed by atoms with Gasteiger partial charge in [0.2, 0.25) is 0 Å². The van der Waals surface area contributed by atoms with Crippen LogP contribution in [0.3, 0.4) is 0 Å². The van der Waals surface area contributed by atoms with Crippen LogP contribution in [0.25, 0.3) is 10.9 Å². The summed E-state index contributed by atoms with van der Waals surface area (Å²) in [5, 5.41) is 9.93. The number of aryl methyl sites for hydroxylation is 3. The molecule has 0 aliphatic heterocycles. The first kappa shape index (κ1) is 12.4. The molecule has 0 radical (unpaired) electrons. The van der Waals surface area contributed by atoms with Gasteiger partial charge in [0.1, 0.15) is 0 Å². The van der Waals surface area contributed by atoms with E-state index in [1.165, 1.54) is 4.57 Å². The molecule has 0 atom stereocenters. The summed E-state index contributed by atoms with van der Waals surface area (Å²) in [7, 11) is 1.55. The molecule has 1 N–H and O–H groups in total. The zero-order valence-corrected chi connectivity index (χ0v) is 11.2. The highest BCUT2D eigenvalue weighted by Crippen LogP contribution is 2.25. The minimum atomic E-state index is -0.724. The van der Waals surface area contributed by atoms with Crippen LogP contribution in [0.2, 0.25) is 0 Å². The fraction of sp³-hybridized carbons (Fsp3) is 0.385. The maximum Gasteiger partial charge on any atom is 0.364 e. The number of hydrogen-bond donors (Lipinski definition) is 1. The van der Waals surface area contributed by atoms with Crippen molar-refractivity contribution in [2.24, 2.45) is 7.05 Å². The van der Waals surface area contributed by atoms with Crippen LogP contribution in [0, 0.1) is 27.7 Å². The van der Waals surface area contributed by atoms with E-state index in [2.05, 4.69) is 0 Å². The second-order valence-electron chi connectivity index (χ2n) is 4.68. The zero-order chi connectivity index (χ0) is 13.8. The summed E-state index contributed by atoms with van der Waals surface area (Å²) in [6.07, 6.45) is 0. The van der Waals surface area contributed by atoms with Gasteiger partial charge in [0.05, 0.1) is 10.9 Å². The van der Waals surface area contributed by atoms with E-state index in [1.807, 2.05) is 27.7 Å². The minimum absolute atomic E-state index is 0.170. The molecule has 0 spiro atoms. The van der Waals surface area contributed by atoms with Crippen molar-refractivity contribution in [3.05, 3.63) is 43.1 Å². The van der Waals surface area contributed by atoms with Gasteiger partial charge in [0.15, 0.2) is 0 Å². The first-order valence-corrected chi connectivity index (χ1v) is 5.70. The summed E-state index contributed by atoms with van der Waals surface area (Å²) in [5.41, 5.74) is 2.98. The van der Waals surface area contributed by atoms with E-state index >= 15 is 0 Å². The Morgan fingerprint density at radius 1 is 0.889 bits per heavy atom. The summed E-state index contributed by atoms with van der Waals surface area (Å²) in [5.74, 6) is 0. The first-order chi connectivity index (χ1) is 8.29. The molecule has 0 bridgehead atoms. The van der Waals surface area contributed by atoms with E-state index in [1.54, 1.807) is 7.05 Å². The zero-order valence-electron chi connectivity index (χ0n) is 11.2. The molecule has 0 saturated heterocycles. The number of aromatic nitrogens is 2. The smallest absolute Gasteiger partial charge is 0.364 e. The van der Waals surface area contributed by atoms with Crippen molar-refractivity contribution in [1.82, 2.24) is 9.30 Å². The van der Waals surface area contributed by atoms with Crippen LogP contribution in [0.5, 0.6) is 0 Å². The number of rotatable bonds is 0. The predicted molar refractivity (Wildman–Crippen MR) is 69.6 cm³/mol. The Kier molecular flexibility index (Phi) is 2.57. The second-order valence-corrected chi connectivity index (χ2v) is 4.68. The van der Waals surface area contributed by atoms with Crippen molar-refractivity contribution in [3.63, 3.8) is 0 Å². The van der Waals surface area contributed by atoms with E-state index in [0.29, 0.717) is 10.9 Å². The fourth-order valence-electron chi connectivity index (χ4n) is 2.40. The summed E-state index contributed by atoms with van der Waals surface area (Å²) >= 11 is 0. The topological polar surface area (TPSA) is 64.2 Å². The van der Waals surface area contributed by atoms with Crippen molar-refractivity contribution in [3.8, 4) is 0 Å². The molecular weight excluding hydrogens is 232 g/mol. The SMILES string of the molecule is Cc1c(C)c(C)c2c(c1C)c(=O)n(O)c(=O)n2C. The molecule has 96 valence electrons. The van der Waals surface area contributed by atoms with Gasteiger partial charge in [-0.15, -0.1) is 0 Å². The minimum Gasteiger partial charge on any atom is -0.421 e. The maximum atomic E-state index is 12.0. The van der Waals surface area contributed by atoms with Crippen LogP contribution in [0.15, 0.2) is 9.59 Å². The Morgan fingerprint density at radius 3 is 1.94 bits per heavy atom. The Balaban J connectivity index is 3.33. The first-order valence-electron chi connectivity index (χ1n) is 5.70. The molecule has 0 aliphatic rings. The number of benzene rings is 1. The van der Waals surface area contributed by atoms with E-state index in [4.69, 9.17) is 0 Å². The lowest BCUT2D eigenvalue weighted by Gasteiger charge is -2.16. The molecule has 2 rings (SSSR count). The molecule has 5 nitrogen and oxygen atoms in total. The highest BCUT2D eigenvalue weighted by atomic mass is 16.5. The molecule has 0 amide bonds. The van der Waals surface area contributed by atoms with E-state index in [0.717, 1.165) is 22.3 Å². The van der Waals surface area contributed by atoms with E-state index in [-0.39, 0.29) is 4.73 Å². The highest BCUT2D eigenvalue weighted by molar-refractivity contribution is 5.87. The van der Waals surface area contributed by atoms with Crippen molar-refractivity contribution >= 4 is 10.9 Å². The average Bonchev–Trinajstić information content (AvgIpc) is 2.35. The van der Waals surface area contributed by atoms with Gasteiger partial charge in [-0.25, -0.2) is 4.79 Å². The molecule has 1 aromatic heterocycles. The van der Waals surface area contributed by atoms with Gasteiger partial charge < -0.3 is 5.21 Å². The number of fused-ring (bicyclic) bond motifs is 1.